The Morgan fingerprint density at radius 3 is 2.41 bits per heavy atom. The molecule has 2 aromatic heterocycles. The summed E-state index contributed by atoms with van der Waals surface area (Å²) >= 11 is 1.40. The SMILES string of the molecule is FCOC(Cc1cc(-c2nccs2)c2oc(N3CC4CC(C3)N4)nc2c1)(OCF)OCF. The summed E-state index contributed by atoms with van der Waals surface area (Å²) in [7, 11) is 0. The first-order chi connectivity index (χ1) is 15.6. The van der Waals surface area contributed by atoms with Crippen molar-refractivity contribution in [3.8, 4) is 10.6 Å². The Hall–Kier alpha value is -2.25. The van der Waals surface area contributed by atoms with Crippen molar-refractivity contribution in [1.29, 1.82) is 0 Å². The molecule has 0 aliphatic carbocycles. The van der Waals surface area contributed by atoms with Crippen LogP contribution in [0.5, 0.6) is 0 Å². The Bertz CT molecular complexity index is 1030. The fourth-order valence-electron chi connectivity index (χ4n) is 4.28. The zero-order valence-corrected chi connectivity index (χ0v) is 17.7. The molecule has 12 heteroatoms. The normalized spacial score (nSPS) is 20.7. The number of nitrogens with zero attached hydrogens (tertiary/aromatic N) is 3. The number of rotatable bonds is 10. The molecule has 3 aliphatic heterocycles. The van der Waals surface area contributed by atoms with Crippen molar-refractivity contribution in [2.24, 2.45) is 0 Å². The number of hydrogen-bond acceptors (Lipinski definition) is 9. The maximum absolute atomic E-state index is 13.0. The molecule has 6 rings (SSSR count). The summed E-state index contributed by atoms with van der Waals surface area (Å²) in [6.45, 7) is -2.45. The van der Waals surface area contributed by atoms with Crippen LogP contribution < -0.4 is 10.2 Å². The first kappa shape index (κ1) is 21.6. The topological polar surface area (TPSA) is 81.9 Å². The number of piperidine rings is 1. The van der Waals surface area contributed by atoms with E-state index in [1.807, 2.05) is 5.38 Å². The molecule has 2 unspecified atom stereocenters. The number of fused-ring (bicyclic) bond motifs is 3. The van der Waals surface area contributed by atoms with Crippen LogP contribution in [0.1, 0.15) is 12.0 Å². The van der Waals surface area contributed by atoms with Crippen molar-refractivity contribution in [2.75, 3.05) is 38.6 Å². The Labute approximate surface area is 185 Å². The summed E-state index contributed by atoms with van der Waals surface area (Å²) in [4.78, 5) is 11.1. The first-order valence-corrected chi connectivity index (χ1v) is 10.9. The largest absolute Gasteiger partial charge is 0.423 e. The molecule has 3 saturated heterocycles. The number of piperazine rings is 1. The van der Waals surface area contributed by atoms with Crippen LogP contribution >= 0.6 is 11.3 Å². The minimum absolute atomic E-state index is 0.279. The number of oxazole rings is 1. The molecule has 8 nitrogen and oxygen atoms in total. The number of halogens is 3. The molecule has 1 N–H and O–H groups in total. The molecule has 0 amide bonds. The Morgan fingerprint density at radius 2 is 1.81 bits per heavy atom. The maximum Gasteiger partial charge on any atom is 0.298 e. The molecule has 32 heavy (non-hydrogen) atoms. The van der Waals surface area contributed by atoms with E-state index in [2.05, 4.69) is 20.2 Å². The van der Waals surface area contributed by atoms with Gasteiger partial charge in [0, 0.05) is 36.8 Å². The summed E-state index contributed by atoms with van der Waals surface area (Å²) in [5.41, 5.74) is 2.23. The van der Waals surface area contributed by atoms with Gasteiger partial charge in [-0.3, -0.25) is 14.2 Å². The lowest BCUT2D eigenvalue weighted by atomic mass is 9.92. The number of anilines is 1. The third-order valence-electron chi connectivity index (χ3n) is 5.64. The highest BCUT2D eigenvalue weighted by atomic mass is 32.1. The fourth-order valence-corrected chi connectivity index (χ4v) is 4.93. The van der Waals surface area contributed by atoms with Crippen LogP contribution in [0.2, 0.25) is 0 Å². The van der Waals surface area contributed by atoms with Crippen molar-refractivity contribution >= 4 is 28.5 Å². The second-order valence-corrected chi connectivity index (χ2v) is 8.54. The molecule has 1 aromatic carbocycles. The van der Waals surface area contributed by atoms with Gasteiger partial charge in [-0.15, -0.1) is 11.3 Å². The monoisotopic (exact) mass is 470 g/mol. The molecular formula is C20H21F3N4O4S. The van der Waals surface area contributed by atoms with Gasteiger partial charge in [0.15, 0.2) is 26.2 Å². The lowest BCUT2D eigenvalue weighted by Crippen LogP contribution is -2.67. The Morgan fingerprint density at radius 1 is 1.12 bits per heavy atom. The van der Waals surface area contributed by atoms with Crippen molar-refractivity contribution in [1.82, 2.24) is 15.3 Å². The van der Waals surface area contributed by atoms with E-state index in [0.717, 1.165) is 19.5 Å². The molecule has 0 saturated carbocycles. The molecule has 5 heterocycles. The van der Waals surface area contributed by atoms with Gasteiger partial charge < -0.3 is 14.6 Å². The van der Waals surface area contributed by atoms with Gasteiger partial charge in [0.1, 0.15) is 10.5 Å². The predicted octanol–water partition coefficient (Wildman–Crippen LogP) is 3.53. The Balaban J connectivity index is 1.54. The number of ether oxygens (including phenoxy) is 3. The molecule has 2 atom stereocenters. The van der Waals surface area contributed by atoms with E-state index in [1.54, 1.807) is 18.3 Å². The third kappa shape index (κ3) is 4.08. The van der Waals surface area contributed by atoms with E-state index in [0.29, 0.717) is 45.3 Å². The van der Waals surface area contributed by atoms with Crippen LogP contribution in [-0.2, 0) is 20.6 Å². The van der Waals surface area contributed by atoms with E-state index in [-0.39, 0.29) is 6.42 Å². The zero-order valence-electron chi connectivity index (χ0n) is 16.9. The van der Waals surface area contributed by atoms with E-state index in [1.165, 1.54) is 11.3 Å². The van der Waals surface area contributed by atoms with Crippen LogP contribution in [0.15, 0.2) is 28.1 Å². The number of alkyl halides is 3. The highest BCUT2D eigenvalue weighted by Crippen LogP contribution is 2.37. The highest BCUT2D eigenvalue weighted by Gasteiger charge is 2.39. The summed E-state index contributed by atoms with van der Waals surface area (Å²) in [5, 5.41) is 5.97. The van der Waals surface area contributed by atoms with Gasteiger partial charge >= 0.3 is 0 Å². The maximum atomic E-state index is 13.0. The van der Waals surface area contributed by atoms with E-state index in [4.69, 9.17) is 18.6 Å². The van der Waals surface area contributed by atoms with Crippen molar-refractivity contribution in [2.45, 2.75) is 30.9 Å². The van der Waals surface area contributed by atoms with E-state index < -0.39 is 26.6 Å². The van der Waals surface area contributed by atoms with Gasteiger partial charge in [0.2, 0.25) is 0 Å². The highest BCUT2D eigenvalue weighted by molar-refractivity contribution is 7.13. The molecule has 3 aliphatic rings. The molecule has 3 fully saturated rings. The van der Waals surface area contributed by atoms with Crippen LogP contribution in [-0.4, -0.2) is 61.7 Å². The summed E-state index contributed by atoms with van der Waals surface area (Å²) in [6, 6.07) is 4.75. The van der Waals surface area contributed by atoms with Crippen LogP contribution in [0.4, 0.5) is 19.2 Å². The molecule has 2 bridgehead atoms. The lowest BCUT2D eigenvalue weighted by Gasteiger charge is -2.47. The number of hydrogen-bond donors (Lipinski definition) is 1. The van der Waals surface area contributed by atoms with Crippen molar-refractivity contribution in [3.05, 3.63) is 29.3 Å². The molecule has 172 valence electrons. The zero-order chi connectivity index (χ0) is 22.1. The van der Waals surface area contributed by atoms with Gasteiger partial charge in [-0.05, 0) is 24.1 Å². The van der Waals surface area contributed by atoms with Gasteiger partial charge in [0.25, 0.3) is 12.0 Å². The van der Waals surface area contributed by atoms with Gasteiger partial charge in [0.05, 0.1) is 12.0 Å². The van der Waals surface area contributed by atoms with Crippen molar-refractivity contribution < 1.29 is 31.8 Å². The predicted molar refractivity (Wildman–Crippen MR) is 110 cm³/mol. The molecule has 0 radical (unpaired) electrons. The van der Waals surface area contributed by atoms with Gasteiger partial charge in [-0.1, -0.05) is 0 Å². The number of nitrogens with one attached hydrogen (secondary N) is 1. The number of benzene rings is 1. The second-order valence-electron chi connectivity index (χ2n) is 7.65. The summed E-state index contributed by atoms with van der Waals surface area (Å²) < 4.78 is 59.5. The van der Waals surface area contributed by atoms with Crippen LogP contribution in [0.3, 0.4) is 0 Å². The summed E-state index contributed by atoms with van der Waals surface area (Å²) in [5.74, 6) is -2.25. The average Bonchev–Trinajstić information content (AvgIpc) is 3.44. The lowest BCUT2D eigenvalue weighted by molar-refractivity contribution is -0.403. The minimum atomic E-state index is -2.25. The van der Waals surface area contributed by atoms with Crippen LogP contribution in [0.25, 0.3) is 21.7 Å². The second kappa shape index (κ2) is 8.94. The minimum Gasteiger partial charge on any atom is -0.423 e. The fraction of sp³-hybridized carbons (Fsp3) is 0.500. The quantitative estimate of drug-likeness (QED) is 0.451. The van der Waals surface area contributed by atoms with Gasteiger partial charge in [-0.25, -0.2) is 18.2 Å². The average molecular weight is 470 g/mol. The van der Waals surface area contributed by atoms with Crippen molar-refractivity contribution in [3.63, 3.8) is 0 Å². The van der Waals surface area contributed by atoms with E-state index in [9.17, 15) is 13.2 Å². The third-order valence-corrected chi connectivity index (χ3v) is 6.44. The standard InChI is InChI=1S/C20H21F3N4O4S/c21-9-28-20(29-10-22,30-11-23)6-12-3-15(18-24-1-2-32-18)17-16(4-12)26-19(31-17)27-7-13-5-14(8-27)25-13/h1-4,13-14,25H,5-11H2. The van der Waals surface area contributed by atoms with Crippen LogP contribution in [0, 0.1) is 0 Å². The molecule has 3 aromatic rings. The Kier molecular flexibility index (Phi) is 6.03. The number of thiazole rings is 1. The molecular weight excluding hydrogens is 449 g/mol. The van der Waals surface area contributed by atoms with E-state index >= 15 is 0 Å². The van der Waals surface area contributed by atoms with Gasteiger partial charge in [-0.2, -0.15) is 4.98 Å². The number of aromatic nitrogens is 2. The first-order valence-electron chi connectivity index (χ1n) is 10.1. The molecule has 0 spiro atoms. The smallest absolute Gasteiger partial charge is 0.298 e. The summed E-state index contributed by atoms with van der Waals surface area (Å²) in [6.07, 6.45) is 2.53.